The molecule has 0 aromatic carbocycles. The fourth-order valence-electron chi connectivity index (χ4n) is 4.65. The Bertz CT molecular complexity index is 630. The number of carboxylic acid groups (broad SMARTS) is 1. The van der Waals surface area contributed by atoms with Gasteiger partial charge in [0.25, 0.3) is 0 Å². The zero-order valence-corrected chi connectivity index (χ0v) is 16.8. The van der Waals surface area contributed by atoms with Crippen LogP contribution in [0.25, 0.3) is 0 Å². The minimum absolute atomic E-state index is 0.0103. The van der Waals surface area contributed by atoms with Crippen LogP contribution < -0.4 is 0 Å². The smallest absolute Gasteiger partial charge is 0.309 e. The third-order valence-corrected chi connectivity index (χ3v) is 5.68. The largest absolute Gasteiger partial charge is 0.481 e. The maximum absolute atomic E-state index is 11.2. The lowest BCUT2D eigenvalue weighted by Crippen LogP contribution is -2.56. The van der Waals surface area contributed by atoms with E-state index in [1.165, 1.54) is 17.1 Å². The Hall–Kier alpha value is -1.36. The number of fused-ring (bicyclic) bond motifs is 1. The molecular formula is C20H33N3O2. The molecule has 25 heavy (non-hydrogen) atoms. The number of aliphatic carboxylic acids is 1. The Balaban J connectivity index is 1.98. The van der Waals surface area contributed by atoms with Gasteiger partial charge in [0, 0.05) is 30.7 Å². The van der Waals surface area contributed by atoms with Gasteiger partial charge in [-0.3, -0.25) is 14.7 Å². The van der Waals surface area contributed by atoms with E-state index >= 15 is 0 Å². The van der Waals surface area contributed by atoms with Gasteiger partial charge in [0.1, 0.15) is 5.84 Å². The summed E-state index contributed by atoms with van der Waals surface area (Å²) < 4.78 is 0. The standard InChI is InChI=1S/C20H33N3O2/c1-12-15(19(2,3)4)16-14(22-10-13(11-22)17(24)25)8-9-23(16)18(21-12)20(5,6)7/h12-14H,8-11H2,1-7H3,(H,24,25)/t12-,14?/m0/s1. The SMILES string of the molecule is C[C@@H]1N=C(C(C)(C)C)N2CCC(N3CC(C(=O)O)C3)C2=C1C(C)(C)C. The molecule has 0 spiro atoms. The molecule has 0 bridgehead atoms. The summed E-state index contributed by atoms with van der Waals surface area (Å²) in [6.45, 7) is 18.0. The molecule has 1 N–H and O–H groups in total. The van der Waals surface area contributed by atoms with Gasteiger partial charge in [-0.2, -0.15) is 0 Å². The van der Waals surface area contributed by atoms with Gasteiger partial charge >= 0.3 is 5.97 Å². The van der Waals surface area contributed by atoms with Gasteiger partial charge in [-0.25, -0.2) is 0 Å². The second-order valence-corrected chi connectivity index (χ2v) is 9.87. The molecule has 2 fully saturated rings. The van der Waals surface area contributed by atoms with Crippen LogP contribution in [0.15, 0.2) is 16.3 Å². The molecule has 3 heterocycles. The molecule has 0 radical (unpaired) electrons. The van der Waals surface area contributed by atoms with E-state index in [1.807, 2.05) is 0 Å². The average Bonchev–Trinajstić information content (AvgIpc) is 2.77. The summed E-state index contributed by atoms with van der Waals surface area (Å²) in [7, 11) is 0. The van der Waals surface area contributed by atoms with Crippen molar-refractivity contribution >= 4 is 11.8 Å². The number of hydrogen-bond acceptors (Lipinski definition) is 4. The summed E-state index contributed by atoms with van der Waals surface area (Å²) in [6.07, 6.45) is 1.06. The van der Waals surface area contributed by atoms with E-state index in [1.54, 1.807) is 0 Å². The van der Waals surface area contributed by atoms with Crippen LogP contribution in [-0.4, -0.2) is 58.4 Å². The zero-order chi connectivity index (χ0) is 18.7. The summed E-state index contributed by atoms with van der Waals surface area (Å²) in [4.78, 5) is 21.1. The predicted octanol–water partition coefficient (Wildman–Crippen LogP) is 3.22. The van der Waals surface area contributed by atoms with Crippen molar-refractivity contribution in [1.82, 2.24) is 9.80 Å². The monoisotopic (exact) mass is 347 g/mol. The second-order valence-electron chi connectivity index (χ2n) is 9.87. The molecule has 5 heteroatoms. The van der Waals surface area contributed by atoms with Crippen molar-refractivity contribution in [3.8, 4) is 0 Å². The van der Waals surface area contributed by atoms with Crippen LogP contribution in [0.4, 0.5) is 0 Å². The summed E-state index contributed by atoms with van der Waals surface area (Å²) in [5.41, 5.74) is 2.89. The number of rotatable bonds is 2. The van der Waals surface area contributed by atoms with Gasteiger partial charge in [0.2, 0.25) is 0 Å². The molecule has 0 saturated carbocycles. The number of carboxylic acids is 1. The van der Waals surface area contributed by atoms with Gasteiger partial charge in [0.15, 0.2) is 0 Å². The predicted molar refractivity (Wildman–Crippen MR) is 101 cm³/mol. The molecule has 0 aromatic rings. The van der Waals surface area contributed by atoms with Gasteiger partial charge in [-0.1, -0.05) is 41.5 Å². The normalized spacial score (nSPS) is 28.8. The minimum Gasteiger partial charge on any atom is -0.481 e. The number of amidine groups is 1. The summed E-state index contributed by atoms with van der Waals surface area (Å²) in [5, 5.41) is 9.23. The van der Waals surface area contributed by atoms with Gasteiger partial charge < -0.3 is 10.0 Å². The van der Waals surface area contributed by atoms with Gasteiger partial charge in [-0.05, 0) is 24.3 Å². The van der Waals surface area contributed by atoms with Gasteiger partial charge in [-0.15, -0.1) is 0 Å². The van der Waals surface area contributed by atoms with E-state index in [0.717, 1.165) is 13.0 Å². The molecule has 3 rings (SSSR count). The summed E-state index contributed by atoms with van der Waals surface area (Å²) in [5.74, 6) is 0.315. The van der Waals surface area contributed by atoms with Crippen LogP contribution in [0, 0.1) is 16.7 Å². The zero-order valence-electron chi connectivity index (χ0n) is 16.8. The number of hydrogen-bond donors (Lipinski definition) is 1. The molecule has 0 aliphatic carbocycles. The van der Waals surface area contributed by atoms with E-state index < -0.39 is 5.97 Å². The molecule has 0 amide bonds. The van der Waals surface area contributed by atoms with Crippen molar-refractivity contribution < 1.29 is 9.90 Å². The number of aliphatic imine (C=N–C) groups is 1. The first-order valence-corrected chi connectivity index (χ1v) is 9.48. The Labute approximate surface area is 151 Å². The van der Waals surface area contributed by atoms with E-state index in [-0.39, 0.29) is 22.8 Å². The maximum Gasteiger partial charge on any atom is 0.309 e. The Morgan fingerprint density at radius 2 is 1.72 bits per heavy atom. The molecule has 3 aliphatic rings. The Morgan fingerprint density at radius 3 is 2.20 bits per heavy atom. The van der Waals surface area contributed by atoms with Crippen molar-refractivity contribution in [2.45, 2.75) is 67.0 Å². The molecule has 1 unspecified atom stereocenters. The molecule has 3 aliphatic heterocycles. The van der Waals surface area contributed by atoms with Crippen LogP contribution >= 0.6 is 0 Å². The highest BCUT2D eigenvalue weighted by Crippen LogP contribution is 2.45. The topological polar surface area (TPSA) is 56.1 Å². The number of nitrogens with zero attached hydrogens (tertiary/aromatic N) is 3. The summed E-state index contributed by atoms with van der Waals surface area (Å²) in [6, 6.07) is 0.512. The molecule has 2 saturated heterocycles. The Kier molecular flexibility index (Phi) is 4.30. The van der Waals surface area contributed by atoms with E-state index in [9.17, 15) is 9.90 Å². The molecular weight excluding hydrogens is 314 g/mol. The first kappa shape index (κ1) is 18.4. The molecule has 140 valence electrons. The molecule has 2 atom stereocenters. The maximum atomic E-state index is 11.2. The highest BCUT2D eigenvalue weighted by Gasteiger charge is 2.48. The van der Waals surface area contributed by atoms with E-state index in [2.05, 4.69) is 58.3 Å². The van der Waals surface area contributed by atoms with Crippen LogP contribution in [0.5, 0.6) is 0 Å². The fourth-order valence-corrected chi connectivity index (χ4v) is 4.65. The van der Waals surface area contributed by atoms with Crippen LogP contribution in [0.2, 0.25) is 0 Å². The highest BCUT2D eigenvalue weighted by atomic mass is 16.4. The van der Waals surface area contributed by atoms with Crippen molar-refractivity contribution in [3.05, 3.63) is 11.3 Å². The van der Waals surface area contributed by atoms with Crippen LogP contribution in [0.1, 0.15) is 54.9 Å². The third-order valence-electron chi connectivity index (χ3n) is 5.68. The third kappa shape index (κ3) is 3.12. The van der Waals surface area contributed by atoms with Crippen molar-refractivity contribution in [2.24, 2.45) is 21.7 Å². The second kappa shape index (κ2) is 5.83. The highest BCUT2D eigenvalue weighted by molar-refractivity contribution is 5.90. The van der Waals surface area contributed by atoms with Crippen LogP contribution in [-0.2, 0) is 4.79 Å². The lowest BCUT2D eigenvalue weighted by molar-refractivity contribution is -0.148. The van der Waals surface area contributed by atoms with E-state index in [4.69, 9.17) is 4.99 Å². The fraction of sp³-hybridized carbons (Fsp3) is 0.800. The average molecular weight is 348 g/mol. The van der Waals surface area contributed by atoms with E-state index in [0.29, 0.717) is 19.1 Å². The van der Waals surface area contributed by atoms with Crippen molar-refractivity contribution in [1.29, 1.82) is 0 Å². The summed E-state index contributed by atoms with van der Waals surface area (Å²) >= 11 is 0. The number of likely N-dealkylation sites (tertiary alicyclic amines) is 1. The van der Waals surface area contributed by atoms with Crippen LogP contribution in [0.3, 0.4) is 0 Å². The quantitative estimate of drug-likeness (QED) is 0.833. The first-order valence-electron chi connectivity index (χ1n) is 9.48. The minimum atomic E-state index is -0.662. The van der Waals surface area contributed by atoms with Crippen molar-refractivity contribution in [2.75, 3.05) is 19.6 Å². The number of carbonyl (C=O) groups is 1. The van der Waals surface area contributed by atoms with Crippen molar-refractivity contribution in [3.63, 3.8) is 0 Å². The lowest BCUT2D eigenvalue weighted by Gasteiger charge is -2.46. The lowest BCUT2D eigenvalue weighted by atomic mass is 9.78. The molecule has 0 aromatic heterocycles. The first-order chi connectivity index (χ1) is 11.4. The molecule has 5 nitrogen and oxygen atoms in total. The van der Waals surface area contributed by atoms with Gasteiger partial charge in [0.05, 0.1) is 18.0 Å². The Morgan fingerprint density at radius 1 is 1.12 bits per heavy atom.